The third-order valence-electron chi connectivity index (χ3n) is 2.09. The van der Waals surface area contributed by atoms with Crippen molar-refractivity contribution >= 4 is 16.5 Å². The summed E-state index contributed by atoms with van der Waals surface area (Å²) in [6, 6.07) is 0. The number of rotatable bonds is 2. The second-order valence-electron chi connectivity index (χ2n) is 3.10. The van der Waals surface area contributed by atoms with Crippen LogP contribution in [0.15, 0.2) is 6.20 Å². The van der Waals surface area contributed by atoms with Crippen LogP contribution in [0.3, 0.4) is 0 Å². The van der Waals surface area contributed by atoms with Crippen molar-refractivity contribution in [3.8, 4) is 0 Å². The van der Waals surface area contributed by atoms with Gasteiger partial charge in [0.15, 0.2) is 5.13 Å². The number of nitrogen functional groups attached to an aromatic ring is 1. The highest BCUT2D eigenvalue weighted by atomic mass is 32.1. The Morgan fingerprint density at radius 3 is 3.25 bits per heavy atom. The molecule has 0 saturated carbocycles. The van der Waals surface area contributed by atoms with Crippen molar-refractivity contribution in [2.75, 3.05) is 18.9 Å². The molecule has 2 N–H and O–H groups in total. The molecule has 1 fully saturated rings. The van der Waals surface area contributed by atoms with E-state index in [-0.39, 0.29) is 0 Å². The summed E-state index contributed by atoms with van der Waals surface area (Å²) in [5, 5.41) is 0.670. The van der Waals surface area contributed by atoms with Crippen LogP contribution in [0.4, 0.5) is 5.13 Å². The third-order valence-corrected chi connectivity index (χ3v) is 2.93. The molecule has 66 valence electrons. The van der Waals surface area contributed by atoms with E-state index in [9.17, 15) is 0 Å². The lowest BCUT2D eigenvalue weighted by molar-refractivity contribution is 0.186. The molecule has 1 aromatic heterocycles. The maximum Gasteiger partial charge on any atom is 0.180 e. The average molecular weight is 184 g/mol. The van der Waals surface area contributed by atoms with E-state index in [0.29, 0.717) is 11.0 Å². The molecule has 12 heavy (non-hydrogen) atoms. The van der Waals surface area contributed by atoms with Crippen molar-refractivity contribution in [2.24, 2.45) is 5.92 Å². The van der Waals surface area contributed by atoms with Crippen LogP contribution < -0.4 is 5.73 Å². The highest BCUT2D eigenvalue weighted by Crippen LogP contribution is 2.22. The van der Waals surface area contributed by atoms with Crippen molar-refractivity contribution < 1.29 is 4.74 Å². The monoisotopic (exact) mass is 184 g/mol. The van der Waals surface area contributed by atoms with Gasteiger partial charge in [0.05, 0.1) is 0 Å². The smallest absolute Gasteiger partial charge is 0.180 e. The SMILES string of the molecule is Nc1ncc(CC2CCOC2)s1. The van der Waals surface area contributed by atoms with Gasteiger partial charge in [-0.05, 0) is 18.8 Å². The van der Waals surface area contributed by atoms with Gasteiger partial charge in [0.2, 0.25) is 0 Å². The molecule has 0 aromatic carbocycles. The number of nitrogens with zero attached hydrogens (tertiary/aromatic N) is 1. The summed E-state index contributed by atoms with van der Waals surface area (Å²) in [6.45, 7) is 1.82. The summed E-state index contributed by atoms with van der Waals surface area (Å²) < 4.78 is 5.29. The fraction of sp³-hybridized carbons (Fsp3) is 0.625. The van der Waals surface area contributed by atoms with Crippen molar-refractivity contribution in [1.29, 1.82) is 0 Å². The molecule has 4 heteroatoms. The van der Waals surface area contributed by atoms with Crippen LogP contribution >= 0.6 is 11.3 Å². The molecule has 1 atom stereocenters. The van der Waals surface area contributed by atoms with E-state index in [0.717, 1.165) is 19.6 Å². The molecule has 1 unspecified atom stereocenters. The highest BCUT2D eigenvalue weighted by molar-refractivity contribution is 7.15. The normalized spacial score (nSPS) is 23.2. The average Bonchev–Trinajstić information content (AvgIpc) is 2.63. The van der Waals surface area contributed by atoms with Crippen molar-refractivity contribution in [1.82, 2.24) is 4.98 Å². The van der Waals surface area contributed by atoms with Gasteiger partial charge in [-0.1, -0.05) is 0 Å². The Hall–Kier alpha value is -0.610. The Morgan fingerprint density at radius 2 is 2.67 bits per heavy atom. The molecule has 1 aliphatic heterocycles. The van der Waals surface area contributed by atoms with Gasteiger partial charge in [-0.2, -0.15) is 0 Å². The van der Waals surface area contributed by atoms with E-state index in [2.05, 4.69) is 4.98 Å². The maximum absolute atomic E-state index is 5.53. The Kier molecular flexibility index (Phi) is 2.28. The lowest BCUT2D eigenvalue weighted by Gasteiger charge is -2.02. The minimum Gasteiger partial charge on any atom is -0.381 e. The first-order valence-electron chi connectivity index (χ1n) is 4.12. The fourth-order valence-electron chi connectivity index (χ4n) is 1.45. The third kappa shape index (κ3) is 1.76. The van der Waals surface area contributed by atoms with E-state index < -0.39 is 0 Å². The van der Waals surface area contributed by atoms with Crippen LogP contribution in [0, 0.1) is 5.92 Å². The van der Waals surface area contributed by atoms with Crippen molar-refractivity contribution in [3.05, 3.63) is 11.1 Å². The number of aromatic nitrogens is 1. The summed E-state index contributed by atoms with van der Waals surface area (Å²) in [6.07, 6.45) is 4.13. The first-order chi connectivity index (χ1) is 5.84. The molecule has 0 aliphatic carbocycles. The molecule has 1 aliphatic rings. The summed E-state index contributed by atoms with van der Waals surface area (Å²) in [7, 11) is 0. The van der Waals surface area contributed by atoms with Crippen molar-refractivity contribution in [2.45, 2.75) is 12.8 Å². The van der Waals surface area contributed by atoms with E-state index in [1.165, 1.54) is 11.3 Å². The zero-order valence-electron chi connectivity index (χ0n) is 6.82. The van der Waals surface area contributed by atoms with Crippen LogP contribution in [0.25, 0.3) is 0 Å². The number of nitrogens with two attached hydrogens (primary N) is 1. The van der Waals surface area contributed by atoms with Gasteiger partial charge in [-0.15, -0.1) is 11.3 Å². The predicted octanol–water partition coefficient (Wildman–Crippen LogP) is 1.30. The molecular formula is C8H12N2OS. The quantitative estimate of drug-likeness (QED) is 0.753. The van der Waals surface area contributed by atoms with E-state index in [1.807, 2.05) is 6.20 Å². The minimum absolute atomic E-state index is 0.670. The predicted molar refractivity (Wildman–Crippen MR) is 49.2 cm³/mol. The van der Waals surface area contributed by atoms with Gasteiger partial charge < -0.3 is 10.5 Å². The molecule has 3 nitrogen and oxygen atoms in total. The van der Waals surface area contributed by atoms with Crippen LogP contribution in [-0.4, -0.2) is 18.2 Å². The van der Waals surface area contributed by atoms with Crippen LogP contribution in [0.1, 0.15) is 11.3 Å². The van der Waals surface area contributed by atoms with Gasteiger partial charge in [0.1, 0.15) is 0 Å². The Balaban J connectivity index is 1.94. The molecular weight excluding hydrogens is 172 g/mol. The van der Waals surface area contributed by atoms with Crippen LogP contribution in [-0.2, 0) is 11.2 Å². The van der Waals surface area contributed by atoms with E-state index in [4.69, 9.17) is 10.5 Å². The molecule has 1 saturated heterocycles. The summed E-state index contributed by atoms with van der Waals surface area (Å²) in [4.78, 5) is 5.29. The van der Waals surface area contributed by atoms with Gasteiger partial charge >= 0.3 is 0 Å². The highest BCUT2D eigenvalue weighted by Gasteiger charge is 2.16. The zero-order valence-corrected chi connectivity index (χ0v) is 7.64. The molecule has 0 amide bonds. The number of hydrogen-bond acceptors (Lipinski definition) is 4. The number of anilines is 1. The molecule has 2 rings (SSSR count). The minimum atomic E-state index is 0.670. The molecule has 0 radical (unpaired) electrons. The molecule has 0 spiro atoms. The summed E-state index contributed by atoms with van der Waals surface area (Å²) in [5.74, 6) is 0.685. The number of ether oxygens (including phenoxy) is 1. The van der Waals surface area contributed by atoms with Gasteiger partial charge in [-0.3, -0.25) is 0 Å². The van der Waals surface area contributed by atoms with Gasteiger partial charge in [0, 0.05) is 24.3 Å². The first kappa shape index (κ1) is 8.01. The van der Waals surface area contributed by atoms with E-state index in [1.54, 1.807) is 11.3 Å². The zero-order chi connectivity index (χ0) is 8.39. The summed E-state index contributed by atoms with van der Waals surface area (Å²) in [5.41, 5.74) is 5.53. The van der Waals surface area contributed by atoms with Gasteiger partial charge in [-0.25, -0.2) is 4.98 Å². The lowest BCUT2D eigenvalue weighted by atomic mass is 10.1. The Morgan fingerprint density at radius 1 is 1.75 bits per heavy atom. The lowest BCUT2D eigenvalue weighted by Crippen LogP contribution is -2.01. The topological polar surface area (TPSA) is 48.1 Å². The number of thiazole rings is 1. The summed E-state index contributed by atoms with van der Waals surface area (Å²) >= 11 is 1.59. The van der Waals surface area contributed by atoms with Crippen LogP contribution in [0.5, 0.6) is 0 Å². The molecule has 1 aromatic rings. The Bertz CT molecular complexity index is 255. The standard InChI is InChI=1S/C8H12N2OS/c9-8-10-4-7(12-8)3-6-1-2-11-5-6/h4,6H,1-3,5H2,(H2,9,10). The van der Waals surface area contributed by atoms with E-state index >= 15 is 0 Å². The number of hydrogen-bond donors (Lipinski definition) is 1. The maximum atomic E-state index is 5.53. The van der Waals surface area contributed by atoms with Gasteiger partial charge in [0.25, 0.3) is 0 Å². The van der Waals surface area contributed by atoms with Crippen molar-refractivity contribution in [3.63, 3.8) is 0 Å². The first-order valence-corrected chi connectivity index (χ1v) is 4.94. The Labute approximate surface area is 75.6 Å². The second kappa shape index (κ2) is 3.41. The molecule has 0 bridgehead atoms. The van der Waals surface area contributed by atoms with Crippen LogP contribution in [0.2, 0.25) is 0 Å². The second-order valence-corrected chi connectivity index (χ2v) is 4.25. The largest absolute Gasteiger partial charge is 0.381 e. The molecule has 2 heterocycles. The fourth-order valence-corrected chi connectivity index (χ4v) is 2.24.